The molecule has 0 aliphatic rings. The Morgan fingerprint density at radius 1 is 1.14 bits per heavy atom. The van der Waals surface area contributed by atoms with Crippen molar-refractivity contribution in [3.63, 3.8) is 0 Å². The lowest BCUT2D eigenvalue weighted by Gasteiger charge is -2.09. The second kappa shape index (κ2) is 6.74. The summed E-state index contributed by atoms with van der Waals surface area (Å²) in [5.41, 5.74) is 0.217. The van der Waals surface area contributed by atoms with E-state index in [-0.39, 0.29) is 17.7 Å². The molecule has 0 aromatic heterocycles. The topological polar surface area (TPSA) is 55.8 Å². The first-order valence-corrected chi connectivity index (χ1v) is 6.47. The quantitative estimate of drug-likeness (QED) is 0.884. The van der Waals surface area contributed by atoms with Crippen LogP contribution < -0.4 is 9.47 Å². The molecule has 0 heterocycles. The molecule has 0 bridgehead atoms. The molecular formula is C16H15FO4. The predicted molar refractivity (Wildman–Crippen MR) is 75.3 cm³/mol. The molecule has 0 spiro atoms. The van der Waals surface area contributed by atoms with Crippen molar-refractivity contribution >= 4 is 5.97 Å². The van der Waals surface area contributed by atoms with Gasteiger partial charge in [-0.3, -0.25) is 0 Å². The van der Waals surface area contributed by atoms with Crippen LogP contribution in [-0.4, -0.2) is 17.7 Å². The van der Waals surface area contributed by atoms with Gasteiger partial charge in [0.2, 0.25) is 0 Å². The van der Waals surface area contributed by atoms with Crippen LogP contribution in [0.2, 0.25) is 0 Å². The molecule has 0 aliphatic carbocycles. The molecule has 21 heavy (non-hydrogen) atoms. The van der Waals surface area contributed by atoms with Gasteiger partial charge < -0.3 is 14.6 Å². The Morgan fingerprint density at radius 2 is 1.86 bits per heavy atom. The summed E-state index contributed by atoms with van der Waals surface area (Å²) in [7, 11) is 0. The Hall–Kier alpha value is -2.56. The SMILES string of the molecule is CCOc1cccc(OCc2cc(C(=O)O)ccc2F)c1. The lowest BCUT2D eigenvalue weighted by atomic mass is 10.1. The predicted octanol–water partition coefficient (Wildman–Crippen LogP) is 3.50. The lowest BCUT2D eigenvalue weighted by molar-refractivity contribution is 0.0696. The zero-order chi connectivity index (χ0) is 15.2. The van der Waals surface area contributed by atoms with E-state index in [1.165, 1.54) is 12.1 Å². The molecule has 2 aromatic carbocycles. The van der Waals surface area contributed by atoms with Crippen LogP contribution in [0.3, 0.4) is 0 Å². The fourth-order valence-electron chi connectivity index (χ4n) is 1.80. The molecule has 0 fully saturated rings. The van der Waals surface area contributed by atoms with Crippen LogP contribution in [0.5, 0.6) is 11.5 Å². The van der Waals surface area contributed by atoms with E-state index >= 15 is 0 Å². The van der Waals surface area contributed by atoms with Crippen LogP contribution in [0, 0.1) is 5.82 Å². The second-order valence-electron chi connectivity index (χ2n) is 4.31. The Balaban J connectivity index is 2.10. The first kappa shape index (κ1) is 14.8. The zero-order valence-electron chi connectivity index (χ0n) is 11.5. The van der Waals surface area contributed by atoms with E-state index < -0.39 is 11.8 Å². The maximum atomic E-state index is 13.6. The van der Waals surface area contributed by atoms with E-state index in [4.69, 9.17) is 14.6 Å². The molecule has 0 amide bonds. The molecule has 1 N–H and O–H groups in total. The van der Waals surface area contributed by atoms with Crippen LogP contribution in [0.25, 0.3) is 0 Å². The van der Waals surface area contributed by atoms with E-state index in [1.54, 1.807) is 24.3 Å². The van der Waals surface area contributed by atoms with Gasteiger partial charge in [0.05, 0.1) is 12.2 Å². The van der Waals surface area contributed by atoms with Crippen LogP contribution in [-0.2, 0) is 6.61 Å². The Labute approximate surface area is 121 Å². The molecule has 0 saturated heterocycles. The lowest BCUT2D eigenvalue weighted by Crippen LogP contribution is -2.03. The fraction of sp³-hybridized carbons (Fsp3) is 0.188. The van der Waals surface area contributed by atoms with Gasteiger partial charge in [-0.25, -0.2) is 9.18 Å². The van der Waals surface area contributed by atoms with E-state index in [9.17, 15) is 9.18 Å². The van der Waals surface area contributed by atoms with Crippen molar-refractivity contribution in [3.8, 4) is 11.5 Å². The van der Waals surface area contributed by atoms with E-state index in [0.717, 1.165) is 6.07 Å². The molecule has 5 heteroatoms. The summed E-state index contributed by atoms with van der Waals surface area (Å²) in [5.74, 6) is -0.411. The third kappa shape index (κ3) is 3.95. The van der Waals surface area contributed by atoms with Crippen molar-refractivity contribution in [3.05, 3.63) is 59.4 Å². The van der Waals surface area contributed by atoms with Gasteiger partial charge in [0, 0.05) is 11.6 Å². The number of benzene rings is 2. The fourth-order valence-corrected chi connectivity index (χ4v) is 1.80. The van der Waals surface area contributed by atoms with Crippen LogP contribution in [0.15, 0.2) is 42.5 Å². The molecule has 2 rings (SSSR count). The molecular weight excluding hydrogens is 275 g/mol. The summed E-state index contributed by atoms with van der Waals surface area (Å²) in [6.07, 6.45) is 0. The van der Waals surface area contributed by atoms with Crippen LogP contribution in [0.1, 0.15) is 22.8 Å². The molecule has 0 unspecified atom stereocenters. The molecule has 4 nitrogen and oxygen atoms in total. The largest absolute Gasteiger partial charge is 0.494 e. The smallest absolute Gasteiger partial charge is 0.335 e. The van der Waals surface area contributed by atoms with Gasteiger partial charge in [-0.2, -0.15) is 0 Å². The minimum Gasteiger partial charge on any atom is -0.494 e. The Morgan fingerprint density at radius 3 is 2.52 bits per heavy atom. The van der Waals surface area contributed by atoms with Crippen LogP contribution in [0.4, 0.5) is 4.39 Å². The molecule has 110 valence electrons. The number of aromatic carboxylic acids is 1. The van der Waals surface area contributed by atoms with E-state index in [0.29, 0.717) is 18.1 Å². The molecule has 2 aromatic rings. The molecule has 0 radical (unpaired) electrons. The number of rotatable bonds is 6. The highest BCUT2D eigenvalue weighted by molar-refractivity contribution is 5.87. The Bertz CT molecular complexity index is 640. The van der Waals surface area contributed by atoms with Crippen molar-refractivity contribution in [1.29, 1.82) is 0 Å². The van der Waals surface area contributed by atoms with Gasteiger partial charge in [-0.15, -0.1) is 0 Å². The van der Waals surface area contributed by atoms with Crippen LogP contribution >= 0.6 is 0 Å². The number of carboxylic acid groups (broad SMARTS) is 1. The number of carbonyl (C=O) groups is 1. The summed E-state index contributed by atoms with van der Waals surface area (Å²) < 4.78 is 24.5. The molecule has 0 aliphatic heterocycles. The highest BCUT2D eigenvalue weighted by atomic mass is 19.1. The first-order valence-electron chi connectivity index (χ1n) is 6.47. The normalized spacial score (nSPS) is 10.2. The van der Waals surface area contributed by atoms with Gasteiger partial charge in [-0.1, -0.05) is 6.07 Å². The van der Waals surface area contributed by atoms with Crippen molar-refractivity contribution in [2.45, 2.75) is 13.5 Å². The van der Waals surface area contributed by atoms with Crippen molar-refractivity contribution in [2.24, 2.45) is 0 Å². The zero-order valence-corrected chi connectivity index (χ0v) is 11.5. The summed E-state index contributed by atoms with van der Waals surface area (Å²) in [6, 6.07) is 10.6. The van der Waals surface area contributed by atoms with Crippen molar-refractivity contribution < 1.29 is 23.8 Å². The van der Waals surface area contributed by atoms with Gasteiger partial charge in [0.25, 0.3) is 0 Å². The summed E-state index contributed by atoms with van der Waals surface area (Å²) in [4.78, 5) is 10.9. The highest BCUT2D eigenvalue weighted by Crippen LogP contribution is 2.21. The van der Waals surface area contributed by atoms with Gasteiger partial charge >= 0.3 is 5.97 Å². The maximum absolute atomic E-state index is 13.6. The highest BCUT2D eigenvalue weighted by Gasteiger charge is 2.09. The Kier molecular flexibility index (Phi) is 4.77. The summed E-state index contributed by atoms with van der Waals surface area (Å²) in [6.45, 7) is 2.36. The van der Waals surface area contributed by atoms with Gasteiger partial charge in [0.1, 0.15) is 23.9 Å². The molecule has 0 saturated carbocycles. The van der Waals surface area contributed by atoms with Gasteiger partial charge in [-0.05, 0) is 37.3 Å². The second-order valence-corrected chi connectivity index (χ2v) is 4.31. The summed E-state index contributed by atoms with van der Waals surface area (Å²) >= 11 is 0. The molecule has 0 atom stereocenters. The minimum absolute atomic E-state index is 0.0260. The number of hydrogen-bond donors (Lipinski definition) is 1. The monoisotopic (exact) mass is 290 g/mol. The summed E-state index contributed by atoms with van der Waals surface area (Å²) in [5, 5.41) is 8.90. The van der Waals surface area contributed by atoms with Crippen molar-refractivity contribution in [1.82, 2.24) is 0 Å². The first-order chi connectivity index (χ1) is 10.1. The third-order valence-corrected chi connectivity index (χ3v) is 2.80. The number of ether oxygens (including phenoxy) is 2. The number of hydrogen-bond acceptors (Lipinski definition) is 3. The number of carboxylic acids is 1. The average Bonchev–Trinajstić information content (AvgIpc) is 2.47. The van der Waals surface area contributed by atoms with Crippen molar-refractivity contribution in [2.75, 3.05) is 6.61 Å². The maximum Gasteiger partial charge on any atom is 0.335 e. The standard InChI is InChI=1S/C16H15FO4/c1-2-20-13-4-3-5-14(9-13)21-10-12-8-11(16(18)19)6-7-15(12)17/h3-9H,2,10H2,1H3,(H,18,19). The van der Waals surface area contributed by atoms with Gasteiger partial charge in [0.15, 0.2) is 0 Å². The van der Waals surface area contributed by atoms with E-state index in [1.807, 2.05) is 6.92 Å². The minimum atomic E-state index is -1.10. The third-order valence-electron chi connectivity index (χ3n) is 2.80. The average molecular weight is 290 g/mol. The van der Waals surface area contributed by atoms with E-state index in [2.05, 4.69) is 0 Å². The number of halogens is 1.